The highest BCUT2D eigenvalue weighted by molar-refractivity contribution is 6.30. The molecule has 2 aliphatic rings. The Balaban J connectivity index is 1.62. The van der Waals surface area contributed by atoms with Crippen LogP contribution in [0.3, 0.4) is 0 Å². The summed E-state index contributed by atoms with van der Waals surface area (Å²) in [6.07, 6.45) is 1.86. The molecular weight excluding hydrogens is 300 g/mol. The van der Waals surface area contributed by atoms with Crippen LogP contribution in [0, 0.1) is 12.8 Å². The molecule has 3 atom stereocenters. The summed E-state index contributed by atoms with van der Waals surface area (Å²) in [6, 6.07) is 5.92. The second-order valence-corrected chi connectivity index (χ2v) is 6.79. The van der Waals surface area contributed by atoms with Crippen LogP contribution in [0.15, 0.2) is 18.2 Å². The molecule has 2 aliphatic heterocycles. The number of piperidine rings is 1. The third kappa shape index (κ3) is 3.23. The van der Waals surface area contributed by atoms with E-state index in [1.165, 1.54) is 6.42 Å². The number of rotatable bonds is 3. The van der Waals surface area contributed by atoms with Crippen LogP contribution >= 0.6 is 11.6 Å². The van der Waals surface area contributed by atoms with Gasteiger partial charge in [0.1, 0.15) is 5.75 Å². The number of fused-ring (bicyclic) bond motifs is 1. The summed E-state index contributed by atoms with van der Waals surface area (Å²) < 4.78 is 5.86. The van der Waals surface area contributed by atoms with E-state index in [0.29, 0.717) is 11.1 Å². The van der Waals surface area contributed by atoms with Gasteiger partial charge in [-0.2, -0.15) is 0 Å². The molecule has 22 heavy (non-hydrogen) atoms. The van der Waals surface area contributed by atoms with Crippen molar-refractivity contribution in [1.29, 1.82) is 0 Å². The molecule has 1 aromatic carbocycles. The van der Waals surface area contributed by atoms with Gasteiger partial charge >= 0.3 is 0 Å². The molecule has 5 heteroatoms. The number of aryl methyl sites for hydroxylation is 1. The lowest BCUT2D eigenvalue weighted by Gasteiger charge is -2.36. The van der Waals surface area contributed by atoms with E-state index in [9.17, 15) is 4.79 Å². The average Bonchev–Trinajstić information content (AvgIpc) is 2.96. The molecule has 0 radical (unpaired) electrons. The minimum atomic E-state index is -0.474. The molecule has 2 heterocycles. The Bertz CT molecular complexity index is 564. The summed E-state index contributed by atoms with van der Waals surface area (Å²) in [4.78, 5) is 14.6. The molecule has 1 aromatic rings. The van der Waals surface area contributed by atoms with Crippen molar-refractivity contribution in [1.82, 2.24) is 10.2 Å². The number of likely N-dealkylation sites (tertiary alicyclic amines) is 1. The summed E-state index contributed by atoms with van der Waals surface area (Å²) in [5, 5.41) is 4.18. The lowest BCUT2D eigenvalue weighted by atomic mass is 9.92. The van der Waals surface area contributed by atoms with Gasteiger partial charge in [-0.3, -0.25) is 4.79 Å². The van der Waals surface area contributed by atoms with Gasteiger partial charge in [-0.05, 0) is 62.9 Å². The summed E-state index contributed by atoms with van der Waals surface area (Å²) in [7, 11) is 0. The van der Waals surface area contributed by atoms with Gasteiger partial charge in [-0.1, -0.05) is 11.6 Å². The molecule has 0 bridgehead atoms. The monoisotopic (exact) mass is 322 g/mol. The van der Waals surface area contributed by atoms with Crippen LogP contribution < -0.4 is 10.1 Å². The van der Waals surface area contributed by atoms with Crippen LogP contribution in [-0.4, -0.2) is 42.6 Å². The van der Waals surface area contributed by atoms with Gasteiger partial charge in [0.2, 0.25) is 0 Å². The quantitative estimate of drug-likeness (QED) is 0.930. The van der Waals surface area contributed by atoms with Crippen molar-refractivity contribution in [3.8, 4) is 5.75 Å². The number of halogens is 1. The number of carbonyl (C=O) groups is 1. The Morgan fingerprint density at radius 1 is 1.45 bits per heavy atom. The van der Waals surface area contributed by atoms with Gasteiger partial charge in [0.25, 0.3) is 5.91 Å². The molecule has 0 saturated carbocycles. The van der Waals surface area contributed by atoms with Gasteiger partial charge in [0.05, 0.1) is 0 Å². The van der Waals surface area contributed by atoms with Crippen molar-refractivity contribution in [2.24, 2.45) is 5.92 Å². The fraction of sp³-hybridized carbons (Fsp3) is 0.588. The molecule has 120 valence electrons. The smallest absolute Gasteiger partial charge is 0.263 e. The van der Waals surface area contributed by atoms with Crippen LogP contribution in [0.1, 0.15) is 25.3 Å². The third-order valence-corrected chi connectivity index (χ3v) is 5.01. The number of benzene rings is 1. The fourth-order valence-corrected chi connectivity index (χ4v) is 3.70. The summed E-state index contributed by atoms with van der Waals surface area (Å²) in [5.41, 5.74) is 0.948. The number of nitrogens with one attached hydrogen (secondary N) is 1. The molecule has 2 fully saturated rings. The molecule has 1 unspecified atom stereocenters. The van der Waals surface area contributed by atoms with E-state index >= 15 is 0 Å². The Kier molecular flexibility index (Phi) is 4.59. The number of amides is 1. The number of ether oxygens (including phenoxy) is 1. The average molecular weight is 323 g/mol. The predicted molar refractivity (Wildman–Crippen MR) is 87.4 cm³/mol. The topological polar surface area (TPSA) is 41.6 Å². The van der Waals surface area contributed by atoms with Crippen LogP contribution in [0.2, 0.25) is 5.02 Å². The predicted octanol–water partition coefficient (Wildman–Crippen LogP) is 2.63. The van der Waals surface area contributed by atoms with E-state index < -0.39 is 6.10 Å². The Morgan fingerprint density at radius 3 is 3.05 bits per heavy atom. The summed E-state index contributed by atoms with van der Waals surface area (Å²) in [5.74, 6) is 1.53. The molecule has 0 aromatic heterocycles. The first-order valence-electron chi connectivity index (χ1n) is 7.99. The maximum atomic E-state index is 12.6. The van der Waals surface area contributed by atoms with E-state index in [-0.39, 0.29) is 5.91 Å². The molecule has 0 aliphatic carbocycles. The molecule has 1 N–H and O–H groups in total. The number of nitrogens with zero attached hydrogens (tertiary/aromatic N) is 1. The highest BCUT2D eigenvalue weighted by atomic mass is 35.5. The first kappa shape index (κ1) is 15.6. The van der Waals surface area contributed by atoms with Crippen molar-refractivity contribution in [2.75, 3.05) is 19.6 Å². The molecule has 3 rings (SSSR count). The largest absolute Gasteiger partial charge is 0.481 e. The van der Waals surface area contributed by atoms with Gasteiger partial charge in [-0.25, -0.2) is 0 Å². The lowest BCUT2D eigenvalue weighted by Crippen LogP contribution is -2.51. The number of hydrogen-bond acceptors (Lipinski definition) is 3. The van der Waals surface area contributed by atoms with Crippen LogP contribution in [0.5, 0.6) is 5.75 Å². The van der Waals surface area contributed by atoms with Crippen molar-refractivity contribution < 1.29 is 9.53 Å². The van der Waals surface area contributed by atoms with Crippen molar-refractivity contribution >= 4 is 17.5 Å². The molecule has 0 spiro atoms. The molecule has 1 amide bonds. The number of hydrogen-bond donors (Lipinski definition) is 1. The van der Waals surface area contributed by atoms with Gasteiger partial charge in [0.15, 0.2) is 6.10 Å². The van der Waals surface area contributed by atoms with Gasteiger partial charge in [-0.15, -0.1) is 0 Å². The zero-order valence-corrected chi connectivity index (χ0v) is 13.9. The minimum absolute atomic E-state index is 0.0708. The highest BCUT2D eigenvalue weighted by Gasteiger charge is 2.35. The first-order chi connectivity index (χ1) is 10.5. The second-order valence-electron chi connectivity index (χ2n) is 6.35. The van der Waals surface area contributed by atoms with E-state index in [1.54, 1.807) is 6.07 Å². The standard InChI is InChI=1S/C17H23ClN2O2/c1-11-9-14(18)3-4-16(11)22-12(2)17(21)20-8-6-13-5-7-19-15(13)10-20/h3-4,9,12-13,15,19H,5-8,10H2,1-2H3/t12?,13-,15+/m0/s1. The number of carbonyl (C=O) groups excluding carboxylic acids is 1. The maximum Gasteiger partial charge on any atom is 0.263 e. The Morgan fingerprint density at radius 2 is 2.27 bits per heavy atom. The van der Waals surface area contributed by atoms with E-state index in [1.807, 2.05) is 30.9 Å². The lowest BCUT2D eigenvalue weighted by molar-refractivity contribution is -0.139. The van der Waals surface area contributed by atoms with E-state index in [0.717, 1.165) is 43.3 Å². The van der Waals surface area contributed by atoms with E-state index in [4.69, 9.17) is 16.3 Å². The van der Waals surface area contributed by atoms with Crippen LogP contribution in [0.25, 0.3) is 0 Å². The van der Waals surface area contributed by atoms with Gasteiger partial charge < -0.3 is 15.0 Å². The normalized spacial score (nSPS) is 25.7. The zero-order chi connectivity index (χ0) is 15.7. The fourth-order valence-electron chi connectivity index (χ4n) is 3.47. The highest BCUT2D eigenvalue weighted by Crippen LogP contribution is 2.27. The molecular formula is C17H23ClN2O2. The Hall–Kier alpha value is -1.26. The SMILES string of the molecule is Cc1cc(Cl)ccc1OC(C)C(=O)N1CC[C@@H]2CCN[C@@H]2C1. The zero-order valence-electron chi connectivity index (χ0n) is 13.1. The van der Waals surface area contributed by atoms with Crippen molar-refractivity contribution in [2.45, 2.75) is 38.8 Å². The summed E-state index contributed by atoms with van der Waals surface area (Å²) >= 11 is 5.95. The maximum absolute atomic E-state index is 12.6. The molecule has 2 saturated heterocycles. The molecule has 4 nitrogen and oxygen atoms in total. The second kappa shape index (κ2) is 6.47. The van der Waals surface area contributed by atoms with Gasteiger partial charge in [0, 0.05) is 24.2 Å². The van der Waals surface area contributed by atoms with Crippen molar-refractivity contribution in [3.63, 3.8) is 0 Å². The third-order valence-electron chi connectivity index (χ3n) is 4.78. The van der Waals surface area contributed by atoms with Crippen LogP contribution in [-0.2, 0) is 4.79 Å². The first-order valence-corrected chi connectivity index (χ1v) is 8.37. The minimum Gasteiger partial charge on any atom is -0.481 e. The summed E-state index contributed by atoms with van der Waals surface area (Å²) in [6.45, 7) is 6.48. The van der Waals surface area contributed by atoms with E-state index in [2.05, 4.69) is 5.32 Å². The Labute approximate surface area is 136 Å². The van der Waals surface area contributed by atoms with Crippen LogP contribution in [0.4, 0.5) is 0 Å². The van der Waals surface area contributed by atoms with Crippen molar-refractivity contribution in [3.05, 3.63) is 28.8 Å².